The zero-order valence-corrected chi connectivity index (χ0v) is 11.5. The van der Waals surface area contributed by atoms with Gasteiger partial charge in [0.05, 0.1) is 11.9 Å². The number of aromatic nitrogens is 1. The number of nitrogens with zero attached hydrogens (tertiary/aromatic N) is 1. The van der Waals surface area contributed by atoms with Crippen LogP contribution < -0.4 is 5.32 Å². The van der Waals surface area contributed by atoms with E-state index in [-0.39, 0.29) is 6.04 Å². The van der Waals surface area contributed by atoms with Gasteiger partial charge in [-0.05, 0) is 56.5 Å². The fourth-order valence-electron chi connectivity index (χ4n) is 1.92. The highest BCUT2D eigenvalue weighted by molar-refractivity contribution is 5.44. The molecule has 1 atom stereocenters. The van der Waals surface area contributed by atoms with Crippen molar-refractivity contribution in [3.05, 3.63) is 58.9 Å². The lowest BCUT2D eigenvalue weighted by molar-refractivity contribution is 0.879. The van der Waals surface area contributed by atoms with E-state index in [1.807, 2.05) is 19.2 Å². The Morgan fingerprint density at radius 1 is 1.00 bits per heavy atom. The van der Waals surface area contributed by atoms with Crippen LogP contribution in [0.15, 0.2) is 36.5 Å². The Balaban J connectivity index is 2.13. The van der Waals surface area contributed by atoms with Gasteiger partial charge < -0.3 is 5.32 Å². The van der Waals surface area contributed by atoms with E-state index in [1.54, 1.807) is 0 Å². The number of hydrogen-bond acceptors (Lipinski definition) is 2. The summed E-state index contributed by atoms with van der Waals surface area (Å²) in [4.78, 5) is 4.30. The van der Waals surface area contributed by atoms with Crippen molar-refractivity contribution in [2.24, 2.45) is 0 Å². The predicted molar refractivity (Wildman–Crippen MR) is 76.9 cm³/mol. The van der Waals surface area contributed by atoms with Gasteiger partial charge in [0.1, 0.15) is 0 Å². The summed E-state index contributed by atoms with van der Waals surface area (Å²) >= 11 is 0. The zero-order valence-electron chi connectivity index (χ0n) is 11.5. The second-order valence-corrected chi connectivity index (χ2v) is 4.90. The molecule has 0 radical (unpaired) electrons. The van der Waals surface area contributed by atoms with Gasteiger partial charge in [0.25, 0.3) is 0 Å². The average molecular weight is 240 g/mol. The molecule has 1 unspecified atom stereocenters. The van der Waals surface area contributed by atoms with Crippen molar-refractivity contribution < 1.29 is 0 Å². The summed E-state index contributed by atoms with van der Waals surface area (Å²) in [5, 5.41) is 3.47. The summed E-state index contributed by atoms with van der Waals surface area (Å²) in [5.74, 6) is 0. The molecule has 2 aromatic rings. The van der Waals surface area contributed by atoms with Gasteiger partial charge in [-0.3, -0.25) is 4.98 Å². The first-order valence-corrected chi connectivity index (χ1v) is 6.32. The van der Waals surface area contributed by atoms with Crippen LogP contribution >= 0.6 is 0 Å². The monoisotopic (exact) mass is 240 g/mol. The SMILES string of the molecule is Cc1ccc(NC(C)c2ccc(C)c(C)c2)cn1. The molecular formula is C16H20N2. The molecule has 0 saturated carbocycles. The van der Waals surface area contributed by atoms with E-state index in [9.17, 15) is 0 Å². The maximum Gasteiger partial charge on any atom is 0.0531 e. The van der Waals surface area contributed by atoms with Crippen LogP contribution in [0, 0.1) is 20.8 Å². The van der Waals surface area contributed by atoms with Crippen LogP contribution in [-0.2, 0) is 0 Å². The smallest absolute Gasteiger partial charge is 0.0531 e. The summed E-state index contributed by atoms with van der Waals surface area (Å²) in [6.07, 6.45) is 1.88. The Morgan fingerprint density at radius 3 is 2.39 bits per heavy atom. The summed E-state index contributed by atoms with van der Waals surface area (Å²) in [6, 6.07) is 11.0. The highest BCUT2D eigenvalue weighted by atomic mass is 14.9. The minimum Gasteiger partial charge on any atom is -0.377 e. The van der Waals surface area contributed by atoms with Crippen molar-refractivity contribution >= 4 is 5.69 Å². The van der Waals surface area contributed by atoms with E-state index in [2.05, 4.69) is 55.3 Å². The topological polar surface area (TPSA) is 24.9 Å². The fraction of sp³-hybridized carbons (Fsp3) is 0.312. The Labute approximate surface area is 109 Å². The minimum atomic E-state index is 0.286. The normalized spacial score (nSPS) is 12.2. The van der Waals surface area contributed by atoms with Crippen molar-refractivity contribution in [3.63, 3.8) is 0 Å². The number of hydrogen-bond donors (Lipinski definition) is 1. The molecule has 2 nitrogen and oxygen atoms in total. The largest absolute Gasteiger partial charge is 0.377 e. The maximum absolute atomic E-state index is 4.30. The van der Waals surface area contributed by atoms with E-state index in [1.165, 1.54) is 16.7 Å². The van der Waals surface area contributed by atoms with Gasteiger partial charge in [-0.2, -0.15) is 0 Å². The molecule has 0 aliphatic heterocycles. The van der Waals surface area contributed by atoms with Crippen LogP contribution in [0.1, 0.15) is 35.3 Å². The number of benzene rings is 1. The Hall–Kier alpha value is -1.83. The molecule has 0 spiro atoms. The molecule has 18 heavy (non-hydrogen) atoms. The van der Waals surface area contributed by atoms with Crippen molar-refractivity contribution in [2.45, 2.75) is 33.7 Å². The summed E-state index contributed by atoms with van der Waals surface area (Å²) in [5.41, 5.74) is 6.08. The molecule has 2 heteroatoms. The fourth-order valence-corrected chi connectivity index (χ4v) is 1.92. The van der Waals surface area contributed by atoms with Crippen molar-refractivity contribution in [1.82, 2.24) is 4.98 Å². The van der Waals surface area contributed by atoms with Gasteiger partial charge in [-0.1, -0.05) is 18.2 Å². The molecule has 1 N–H and O–H groups in total. The van der Waals surface area contributed by atoms with E-state index in [0.717, 1.165) is 11.4 Å². The van der Waals surface area contributed by atoms with E-state index >= 15 is 0 Å². The lowest BCUT2D eigenvalue weighted by atomic mass is 10.0. The van der Waals surface area contributed by atoms with E-state index < -0.39 is 0 Å². The third-order valence-electron chi connectivity index (χ3n) is 3.33. The quantitative estimate of drug-likeness (QED) is 0.870. The predicted octanol–water partition coefficient (Wildman–Crippen LogP) is 4.18. The lowest BCUT2D eigenvalue weighted by Crippen LogP contribution is -2.07. The molecule has 1 aromatic carbocycles. The van der Waals surface area contributed by atoms with Gasteiger partial charge in [0.2, 0.25) is 0 Å². The minimum absolute atomic E-state index is 0.286. The van der Waals surface area contributed by atoms with Crippen LogP contribution in [0.5, 0.6) is 0 Å². The molecule has 94 valence electrons. The molecule has 1 aromatic heterocycles. The molecule has 0 amide bonds. The number of rotatable bonds is 3. The number of pyridine rings is 1. The van der Waals surface area contributed by atoms with Crippen molar-refractivity contribution in [1.29, 1.82) is 0 Å². The maximum atomic E-state index is 4.30. The Kier molecular flexibility index (Phi) is 3.66. The van der Waals surface area contributed by atoms with Crippen LogP contribution in [0.25, 0.3) is 0 Å². The first-order valence-electron chi connectivity index (χ1n) is 6.32. The highest BCUT2D eigenvalue weighted by Crippen LogP contribution is 2.21. The molecule has 0 bridgehead atoms. The lowest BCUT2D eigenvalue weighted by Gasteiger charge is -2.16. The second kappa shape index (κ2) is 5.21. The summed E-state index contributed by atoms with van der Waals surface area (Å²) < 4.78 is 0. The standard InChI is InChI=1S/C16H20N2/c1-11-5-7-15(9-12(11)2)14(4)18-16-8-6-13(3)17-10-16/h5-10,14,18H,1-4H3. The van der Waals surface area contributed by atoms with E-state index in [4.69, 9.17) is 0 Å². The van der Waals surface area contributed by atoms with Crippen molar-refractivity contribution in [3.8, 4) is 0 Å². The second-order valence-electron chi connectivity index (χ2n) is 4.90. The third-order valence-corrected chi connectivity index (χ3v) is 3.33. The van der Waals surface area contributed by atoms with Gasteiger partial charge in [0.15, 0.2) is 0 Å². The molecule has 0 aliphatic carbocycles. The molecule has 2 rings (SSSR count). The number of anilines is 1. The summed E-state index contributed by atoms with van der Waals surface area (Å²) in [7, 11) is 0. The average Bonchev–Trinajstić information content (AvgIpc) is 2.35. The number of aryl methyl sites for hydroxylation is 3. The number of nitrogens with one attached hydrogen (secondary N) is 1. The Morgan fingerprint density at radius 2 is 1.78 bits per heavy atom. The first-order chi connectivity index (χ1) is 8.56. The molecule has 0 aliphatic rings. The highest BCUT2D eigenvalue weighted by Gasteiger charge is 2.06. The molecule has 0 saturated heterocycles. The van der Waals surface area contributed by atoms with Gasteiger partial charge in [-0.25, -0.2) is 0 Å². The first kappa shape index (κ1) is 12.6. The Bertz CT molecular complexity index is 529. The van der Waals surface area contributed by atoms with Crippen LogP contribution in [-0.4, -0.2) is 4.98 Å². The van der Waals surface area contributed by atoms with Crippen LogP contribution in [0.2, 0.25) is 0 Å². The van der Waals surface area contributed by atoms with Crippen LogP contribution in [0.4, 0.5) is 5.69 Å². The van der Waals surface area contributed by atoms with E-state index in [0.29, 0.717) is 0 Å². The molecule has 1 heterocycles. The third kappa shape index (κ3) is 2.89. The molecular weight excluding hydrogens is 220 g/mol. The van der Waals surface area contributed by atoms with Gasteiger partial charge in [0, 0.05) is 11.7 Å². The van der Waals surface area contributed by atoms with Gasteiger partial charge in [-0.15, -0.1) is 0 Å². The van der Waals surface area contributed by atoms with Crippen molar-refractivity contribution in [2.75, 3.05) is 5.32 Å². The van der Waals surface area contributed by atoms with Gasteiger partial charge >= 0.3 is 0 Å². The summed E-state index contributed by atoms with van der Waals surface area (Å²) in [6.45, 7) is 8.46. The van der Waals surface area contributed by atoms with Crippen LogP contribution in [0.3, 0.4) is 0 Å². The zero-order chi connectivity index (χ0) is 13.1. The molecule has 0 fully saturated rings.